The lowest BCUT2D eigenvalue weighted by Gasteiger charge is -2.11. The Morgan fingerprint density at radius 3 is 2.69 bits per heavy atom. The monoisotopic (exact) mass is 429 g/mol. The van der Waals surface area contributed by atoms with Crippen molar-refractivity contribution in [3.05, 3.63) is 89.2 Å². The summed E-state index contributed by atoms with van der Waals surface area (Å²) in [5, 5.41) is 9.18. The van der Waals surface area contributed by atoms with Crippen LogP contribution in [-0.4, -0.2) is 35.9 Å². The van der Waals surface area contributed by atoms with E-state index >= 15 is 0 Å². The third-order valence-corrected chi connectivity index (χ3v) is 4.99. The fourth-order valence-corrected chi connectivity index (χ4v) is 3.36. The van der Waals surface area contributed by atoms with Gasteiger partial charge in [-0.1, -0.05) is 48.5 Å². The average molecular weight is 429 g/mol. The molecule has 7 heteroatoms. The number of rotatable bonds is 8. The standard InChI is InChI=1S/C25H23N3O4/c1-31-20-9-4-8-19(16-20)22-12-13-25(30)28(27-22)15-14-26-24(29)17-32-23-11-5-7-18-6-2-3-10-21(18)23/h2-13,16H,14-15,17H2,1H3,(H,26,29). The summed E-state index contributed by atoms with van der Waals surface area (Å²) in [6.07, 6.45) is 0. The molecule has 3 aromatic carbocycles. The quantitative estimate of drug-likeness (QED) is 0.465. The second kappa shape index (κ2) is 9.78. The Labute approximate surface area is 185 Å². The molecule has 0 aliphatic carbocycles. The first kappa shape index (κ1) is 21.1. The predicted octanol–water partition coefficient (Wildman–Crippen LogP) is 3.27. The summed E-state index contributed by atoms with van der Waals surface area (Å²) >= 11 is 0. The fourth-order valence-electron chi connectivity index (χ4n) is 3.36. The molecule has 0 bridgehead atoms. The van der Waals surface area contributed by atoms with E-state index in [2.05, 4.69) is 10.4 Å². The van der Waals surface area contributed by atoms with Crippen LogP contribution in [0.25, 0.3) is 22.0 Å². The van der Waals surface area contributed by atoms with Crippen LogP contribution in [0.4, 0.5) is 0 Å². The summed E-state index contributed by atoms with van der Waals surface area (Å²) < 4.78 is 12.3. The first-order chi connectivity index (χ1) is 15.6. The second-order valence-electron chi connectivity index (χ2n) is 7.13. The zero-order chi connectivity index (χ0) is 22.3. The van der Waals surface area contributed by atoms with E-state index in [4.69, 9.17) is 9.47 Å². The van der Waals surface area contributed by atoms with Crippen molar-refractivity contribution in [1.29, 1.82) is 0 Å². The molecular formula is C25H23N3O4. The molecule has 0 spiro atoms. The first-order valence-corrected chi connectivity index (χ1v) is 10.2. The molecule has 7 nitrogen and oxygen atoms in total. The van der Waals surface area contributed by atoms with Crippen molar-refractivity contribution in [2.75, 3.05) is 20.3 Å². The number of hydrogen-bond acceptors (Lipinski definition) is 5. The largest absolute Gasteiger partial charge is 0.497 e. The molecular weight excluding hydrogens is 406 g/mol. The Hall–Kier alpha value is -4.13. The molecule has 0 radical (unpaired) electrons. The van der Waals surface area contributed by atoms with Gasteiger partial charge in [0.1, 0.15) is 11.5 Å². The summed E-state index contributed by atoms with van der Waals surface area (Å²) in [6, 6.07) is 24.1. The minimum Gasteiger partial charge on any atom is -0.497 e. The van der Waals surface area contributed by atoms with Gasteiger partial charge in [-0.15, -0.1) is 0 Å². The van der Waals surface area contributed by atoms with Crippen molar-refractivity contribution in [2.24, 2.45) is 0 Å². The van der Waals surface area contributed by atoms with Crippen molar-refractivity contribution < 1.29 is 14.3 Å². The minimum atomic E-state index is -0.269. The SMILES string of the molecule is COc1cccc(-c2ccc(=O)n(CCNC(=O)COc3cccc4ccccc34)n2)c1. The van der Waals surface area contributed by atoms with Crippen LogP contribution < -0.4 is 20.3 Å². The zero-order valence-corrected chi connectivity index (χ0v) is 17.7. The maximum absolute atomic E-state index is 12.2. The Kier molecular flexibility index (Phi) is 6.46. The van der Waals surface area contributed by atoms with Crippen LogP contribution >= 0.6 is 0 Å². The molecule has 1 N–H and O–H groups in total. The molecule has 4 rings (SSSR count). The molecule has 162 valence electrons. The maximum atomic E-state index is 12.2. The molecule has 0 fully saturated rings. The van der Waals surface area contributed by atoms with Crippen LogP contribution in [0.2, 0.25) is 0 Å². The molecule has 0 saturated carbocycles. The minimum absolute atomic E-state index is 0.111. The molecule has 4 aromatic rings. The molecule has 0 atom stereocenters. The number of carbonyl (C=O) groups excluding carboxylic acids is 1. The zero-order valence-electron chi connectivity index (χ0n) is 17.7. The van der Waals surface area contributed by atoms with Crippen LogP contribution in [0.5, 0.6) is 11.5 Å². The molecule has 0 saturated heterocycles. The van der Waals surface area contributed by atoms with E-state index in [1.807, 2.05) is 66.7 Å². The van der Waals surface area contributed by atoms with E-state index in [0.29, 0.717) is 17.2 Å². The fraction of sp³-hybridized carbons (Fsp3) is 0.160. The van der Waals surface area contributed by atoms with E-state index < -0.39 is 0 Å². The molecule has 0 unspecified atom stereocenters. The van der Waals surface area contributed by atoms with Gasteiger partial charge in [0, 0.05) is 23.6 Å². The van der Waals surface area contributed by atoms with Gasteiger partial charge in [-0.3, -0.25) is 9.59 Å². The summed E-state index contributed by atoms with van der Waals surface area (Å²) in [5.41, 5.74) is 1.25. The number of carbonyl (C=O) groups is 1. The summed E-state index contributed by atoms with van der Waals surface area (Å²) in [7, 11) is 1.60. The summed E-state index contributed by atoms with van der Waals surface area (Å²) in [4.78, 5) is 24.4. The van der Waals surface area contributed by atoms with Gasteiger partial charge in [-0.05, 0) is 29.7 Å². The van der Waals surface area contributed by atoms with Gasteiger partial charge in [0.2, 0.25) is 0 Å². The number of hydrogen-bond donors (Lipinski definition) is 1. The van der Waals surface area contributed by atoms with E-state index in [-0.39, 0.29) is 31.2 Å². The first-order valence-electron chi connectivity index (χ1n) is 10.2. The number of methoxy groups -OCH3 is 1. The van der Waals surface area contributed by atoms with Crippen molar-refractivity contribution in [1.82, 2.24) is 15.1 Å². The molecule has 1 amide bonds. The normalized spacial score (nSPS) is 10.7. The van der Waals surface area contributed by atoms with Gasteiger partial charge in [-0.25, -0.2) is 4.68 Å². The van der Waals surface area contributed by atoms with E-state index in [0.717, 1.165) is 16.3 Å². The second-order valence-corrected chi connectivity index (χ2v) is 7.13. The van der Waals surface area contributed by atoms with E-state index in [1.165, 1.54) is 10.7 Å². The molecule has 0 aliphatic rings. The Balaban J connectivity index is 1.34. The molecule has 1 aromatic heterocycles. The Morgan fingerprint density at radius 1 is 1.00 bits per heavy atom. The number of aromatic nitrogens is 2. The van der Waals surface area contributed by atoms with Gasteiger partial charge >= 0.3 is 0 Å². The number of amides is 1. The van der Waals surface area contributed by atoms with Crippen LogP contribution in [0, 0.1) is 0 Å². The third-order valence-electron chi connectivity index (χ3n) is 4.99. The highest BCUT2D eigenvalue weighted by atomic mass is 16.5. The summed E-state index contributed by atoms with van der Waals surface area (Å²) in [5.74, 6) is 1.09. The Morgan fingerprint density at radius 2 is 1.81 bits per heavy atom. The molecule has 32 heavy (non-hydrogen) atoms. The Bertz CT molecular complexity index is 1290. The van der Waals surface area contributed by atoms with Crippen molar-refractivity contribution in [3.63, 3.8) is 0 Å². The van der Waals surface area contributed by atoms with E-state index in [1.54, 1.807) is 13.2 Å². The van der Waals surface area contributed by atoms with Gasteiger partial charge < -0.3 is 14.8 Å². The topological polar surface area (TPSA) is 82.5 Å². The predicted molar refractivity (Wildman–Crippen MR) is 123 cm³/mol. The summed E-state index contributed by atoms with van der Waals surface area (Å²) in [6.45, 7) is 0.392. The van der Waals surface area contributed by atoms with Crippen LogP contribution in [0.1, 0.15) is 0 Å². The number of nitrogens with one attached hydrogen (secondary N) is 1. The average Bonchev–Trinajstić information content (AvgIpc) is 2.84. The van der Waals surface area contributed by atoms with Crippen LogP contribution in [-0.2, 0) is 11.3 Å². The van der Waals surface area contributed by atoms with Crippen molar-refractivity contribution >= 4 is 16.7 Å². The lowest BCUT2D eigenvalue weighted by Crippen LogP contribution is -2.34. The highest BCUT2D eigenvalue weighted by Gasteiger charge is 2.08. The number of benzene rings is 3. The number of fused-ring (bicyclic) bond motifs is 1. The van der Waals surface area contributed by atoms with Crippen molar-refractivity contribution in [3.8, 4) is 22.8 Å². The van der Waals surface area contributed by atoms with Crippen LogP contribution in [0.3, 0.4) is 0 Å². The van der Waals surface area contributed by atoms with E-state index in [9.17, 15) is 9.59 Å². The molecule has 0 aliphatic heterocycles. The number of ether oxygens (including phenoxy) is 2. The van der Waals surface area contributed by atoms with Gasteiger partial charge in [0.05, 0.1) is 19.3 Å². The highest BCUT2D eigenvalue weighted by Crippen LogP contribution is 2.25. The van der Waals surface area contributed by atoms with Gasteiger partial charge in [0.25, 0.3) is 11.5 Å². The molecule has 1 heterocycles. The maximum Gasteiger partial charge on any atom is 0.266 e. The lowest BCUT2D eigenvalue weighted by atomic mass is 10.1. The van der Waals surface area contributed by atoms with Gasteiger partial charge in [0.15, 0.2) is 6.61 Å². The van der Waals surface area contributed by atoms with Crippen molar-refractivity contribution in [2.45, 2.75) is 6.54 Å². The van der Waals surface area contributed by atoms with Crippen LogP contribution in [0.15, 0.2) is 83.7 Å². The van der Waals surface area contributed by atoms with Gasteiger partial charge in [-0.2, -0.15) is 5.10 Å². The lowest BCUT2D eigenvalue weighted by molar-refractivity contribution is -0.123. The highest BCUT2D eigenvalue weighted by molar-refractivity contribution is 5.88. The number of nitrogens with zero attached hydrogens (tertiary/aromatic N) is 2. The third kappa shape index (κ3) is 4.95. The smallest absolute Gasteiger partial charge is 0.266 e.